The molecule has 1 aromatic carbocycles. The van der Waals surface area contributed by atoms with Crippen LogP contribution in [-0.4, -0.2) is 19.3 Å². The van der Waals surface area contributed by atoms with Gasteiger partial charge in [0.25, 0.3) is 0 Å². The van der Waals surface area contributed by atoms with Crippen molar-refractivity contribution >= 4 is 15.9 Å². The molecule has 3 heteroatoms. The Morgan fingerprint density at radius 1 is 1.33 bits per heavy atom. The average molecular weight is 271 g/mol. The van der Waals surface area contributed by atoms with Crippen molar-refractivity contribution in [2.75, 3.05) is 13.2 Å². The molecule has 0 atom stereocenters. The smallest absolute Gasteiger partial charge is 0.120 e. The van der Waals surface area contributed by atoms with Crippen molar-refractivity contribution in [3.05, 3.63) is 28.2 Å². The van der Waals surface area contributed by atoms with Crippen molar-refractivity contribution in [1.29, 1.82) is 0 Å². The van der Waals surface area contributed by atoms with E-state index in [-0.39, 0.29) is 0 Å². The maximum Gasteiger partial charge on any atom is 0.120 e. The lowest BCUT2D eigenvalue weighted by molar-refractivity contribution is 0.0255. The van der Waals surface area contributed by atoms with Crippen LogP contribution in [0.15, 0.2) is 22.7 Å². The highest BCUT2D eigenvalue weighted by atomic mass is 79.9. The zero-order valence-corrected chi connectivity index (χ0v) is 10.4. The Bertz CT molecular complexity index is 332. The quantitative estimate of drug-likeness (QED) is 0.821. The van der Waals surface area contributed by atoms with Crippen LogP contribution in [0.2, 0.25) is 0 Å². The van der Waals surface area contributed by atoms with Crippen molar-refractivity contribution in [1.82, 2.24) is 0 Å². The monoisotopic (exact) mass is 270 g/mol. The van der Waals surface area contributed by atoms with Crippen LogP contribution in [0.4, 0.5) is 0 Å². The van der Waals surface area contributed by atoms with Crippen LogP contribution in [0.1, 0.15) is 18.4 Å². The summed E-state index contributed by atoms with van der Waals surface area (Å²) in [6, 6.07) is 6.12. The van der Waals surface area contributed by atoms with Crippen LogP contribution in [0, 0.1) is 6.92 Å². The second-order valence-corrected chi connectivity index (χ2v) is 4.69. The second-order valence-electron chi connectivity index (χ2n) is 3.84. The number of halogens is 1. The van der Waals surface area contributed by atoms with E-state index in [2.05, 4.69) is 28.9 Å². The summed E-state index contributed by atoms with van der Waals surface area (Å²) < 4.78 is 12.3. The van der Waals surface area contributed by atoms with Gasteiger partial charge in [-0.05, 0) is 24.6 Å². The van der Waals surface area contributed by atoms with Crippen LogP contribution in [0.25, 0.3) is 0 Å². The Kier molecular flexibility index (Phi) is 3.65. The Morgan fingerprint density at radius 3 is 2.73 bits per heavy atom. The number of ether oxygens (including phenoxy) is 2. The molecule has 0 saturated carbocycles. The molecule has 82 valence electrons. The third-order valence-corrected chi connectivity index (χ3v) is 3.47. The Hall–Kier alpha value is -0.540. The third-order valence-electron chi connectivity index (χ3n) is 2.61. The zero-order chi connectivity index (χ0) is 10.7. The topological polar surface area (TPSA) is 18.5 Å². The molecule has 0 unspecified atom stereocenters. The first-order valence-electron chi connectivity index (χ1n) is 5.26. The number of aryl methyl sites for hydroxylation is 1. The molecule has 1 fully saturated rings. The molecule has 15 heavy (non-hydrogen) atoms. The highest BCUT2D eigenvalue weighted by Crippen LogP contribution is 2.24. The fourth-order valence-corrected chi connectivity index (χ4v) is 1.99. The van der Waals surface area contributed by atoms with Gasteiger partial charge in [-0.3, -0.25) is 0 Å². The van der Waals surface area contributed by atoms with Gasteiger partial charge in [0, 0.05) is 17.3 Å². The van der Waals surface area contributed by atoms with Crippen molar-refractivity contribution in [2.24, 2.45) is 0 Å². The van der Waals surface area contributed by atoms with Gasteiger partial charge in [0.2, 0.25) is 0 Å². The SMILES string of the molecule is Cc1ccc(OC2CCOCC2)cc1Br. The van der Waals surface area contributed by atoms with Crippen LogP contribution in [0.3, 0.4) is 0 Å². The first-order chi connectivity index (χ1) is 7.25. The van der Waals surface area contributed by atoms with Crippen LogP contribution in [0.5, 0.6) is 5.75 Å². The second kappa shape index (κ2) is 4.99. The van der Waals surface area contributed by atoms with E-state index in [1.54, 1.807) is 0 Å². The highest BCUT2D eigenvalue weighted by Gasteiger charge is 2.15. The molecule has 1 heterocycles. The van der Waals surface area contributed by atoms with Crippen molar-refractivity contribution in [3.8, 4) is 5.75 Å². The minimum atomic E-state index is 0.313. The average Bonchev–Trinajstić information content (AvgIpc) is 2.25. The largest absolute Gasteiger partial charge is 0.490 e. The first kappa shape index (κ1) is 11.0. The van der Waals surface area contributed by atoms with E-state index in [1.165, 1.54) is 5.56 Å². The molecular weight excluding hydrogens is 256 g/mol. The molecule has 1 aromatic rings. The van der Waals surface area contributed by atoms with Crippen molar-refractivity contribution < 1.29 is 9.47 Å². The summed E-state index contributed by atoms with van der Waals surface area (Å²) in [5, 5.41) is 0. The Balaban J connectivity index is 2.00. The summed E-state index contributed by atoms with van der Waals surface area (Å²) in [7, 11) is 0. The molecule has 0 spiro atoms. The maximum atomic E-state index is 5.88. The fraction of sp³-hybridized carbons (Fsp3) is 0.500. The molecule has 1 aliphatic heterocycles. The Morgan fingerprint density at radius 2 is 2.07 bits per heavy atom. The van der Waals surface area contributed by atoms with Gasteiger partial charge in [-0.1, -0.05) is 22.0 Å². The summed E-state index contributed by atoms with van der Waals surface area (Å²) in [6.07, 6.45) is 2.30. The van der Waals surface area contributed by atoms with E-state index in [4.69, 9.17) is 9.47 Å². The van der Waals surface area contributed by atoms with E-state index < -0.39 is 0 Å². The van der Waals surface area contributed by atoms with Gasteiger partial charge in [0.1, 0.15) is 11.9 Å². The molecule has 1 saturated heterocycles. The summed E-state index contributed by atoms with van der Waals surface area (Å²) in [5.41, 5.74) is 1.23. The molecule has 0 aliphatic carbocycles. The zero-order valence-electron chi connectivity index (χ0n) is 8.83. The molecule has 0 aromatic heterocycles. The standard InChI is InChI=1S/C12H15BrO2/c1-9-2-3-11(8-12(9)13)15-10-4-6-14-7-5-10/h2-3,8,10H,4-7H2,1H3. The van der Waals surface area contributed by atoms with Gasteiger partial charge in [-0.15, -0.1) is 0 Å². The molecule has 2 nitrogen and oxygen atoms in total. The highest BCUT2D eigenvalue weighted by molar-refractivity contribution is 9.10. The maximum absolute atomic E-state index is 5.88. The summed E-state index contributed by atoms with van der Waals surface area (Å²) in [6.45, 7) is 3.71. The molecule has 2 rings (SSSR count). The van der Waals surface area contributed by atoms with E-state index in [1.807, 2.05) is 12.1 Å². The molecule has 0 N–H and O–H groups in total. The lowest BCUT2D eigenvalue weighted by atomic mass is 10.1. The van der Waals surface area contributed by atoms with E-state index in [0.29, 0.717) is 6.10 Å². The molecular formula is C12H15BrO2. The molecule has 1 aliphatic rings. The molecule has 0 radical (unpaired) electrons. The van der Waals surface area contributed by atoms with Gasteiger partial charge in [-0.25, -0.2) is 0 Å². The van der Waals surface area contributed by atoms with Crippen molar-refractivity contribution in [3.63, 3.8) is 0 Å². The minimum Gasteiger partial charge on any atom is -0.490 e. The number of benzene rings is 1. The predicted octanol–water partition coefficient (Wildman–Crippen LogP) is 3.32. The van der Waals surface area contributed by atoms with Crippen LogP contribution < -0.4 is 4.74 Å². The first-order valence-corrected chi connectivity index (χ1v) is 6.05. The number of hydrogen-bond acceptors (Lipinski definition) is 2. The van der Waals surface area contributed by atoms with Crippen LogP contribution >= 0.6 is 15.9 Å². The lowest BCUT2D eigenvalue weighted by Crippen LogP contribution is -2.25. The van der Waals surface area contributed by atoms with Gasteiger partial charge >= 0.3 is 0 Å². The van der Waals surface area contributed by atoms with Gasteiger partial charge in [0.15, 0.2) is 0 Å². The molecule has 0 bridgehead atoms. The summed E-state index contributed by atoms with van der Waals surface area (Å²) in [4.78, 5) is 0. The van der Waals surface area contributed by atoms with Crippen molar-refractivity contribution in [2.45, 2.75) is 25.9 Å². The fourth-order valence-electron chi connectivity index (χ4n) is 1.63. The summed E-state index contributed by atoms with van der Waals surface area (Å²) in [5.74, 6) is 0.944. The van der Waals surface area contributed by atoms with E-state index >= 15 is 0 Å². The normalized spacial score (nSPS) is 17.7. The lowest BCUT2D eigenvalue weighted by Gasteiger charge is -2.23. The van der Waals surface area contributed by atoms with E-state index in [0.717, 1.165) is 36.3 Å². The third kappa shape index (κ3) is 2.95. The predicted molar refractivity (Wildman–Crippen MR) is 63.3 cm³/mol. The number of hydrogen-bond donors (Lipinski definition) is 0. The summed E-state index contributed by atoms with van der Waals surface area (Å²) >= 11 is 3.51. The van der Waals surface area contributed by atoms with Gasteiger partial charge in [0.05, 0.1) is 13.2 Å². The van der Waals surface area contributed by atoms with Gasteiger partial charge < -0.3 is 9.47 Å². The van der Waals surface area contributed by atoms with Crippen LogP contribution in [-0.2, 0) is 4.74 Å². The van der Waals surface area contributed by atoms with E-state index in [9.17, 15) is 0 Å². The molecule has 0 amide bonds. The Labute approximate surface area is 98.7 Å². The number of rotatable bonds is 2. The van der Waals surface area contributed by atoms with Gasteiger partial charge in [-0.2, -0.15) is 0 Å². The minimum absolute atomic E-state index is 0.313.